The predicted molar refractivity (Wildman–Crippen MR) is 152 cm³/mol. The summed E-state index contributed by atoms with van der Waals surface area (Å²) in [5.41, 5.74) is 2.83. The van der Waals surface area contributed by atoms with E-state index in [1.165, 1.54) is 0 Å². The molecule has 5 rings (SSSR count). The Kier molecular flexibility index (Phi) is 8.16. The van der Waals surface area contributed by atoms with Crippen LogP contribution in [0.1, 0.15) is 26.7 Å². The van der Waals surface area contributed by atoms with Gasteiger partial charge in [0.2, 0.25) is 5.95 Å². The lowest BCUT2D eigenvalue weighted by atomic mass is 10.1. The Balaban J connectivity index is 1.39. The summed E-state index contributed by atoms with van der Waals surface area (Å²) >= 11 is 0. The van der Waals surface area contributed by atoms with Crippen molar-refractivity contribution in [1.29, 1.82) is 0 Å². The van der Waals surface area contributed by atoms with E-state index in [4.69, 9.17) is 24.2 Å². The van der Waals surface area contributed by atoms with Gasteiger partial charge in [-0.1, -0.05) is 33.5 Å². The molecule has 210 valence electrons. The van der Waals surface area contributed by atoms with Crippen molar-refractivity contribution in [2.75, 3.05) is 62.4 Å². The zero-order valence-electron chi connectivity index (χ0n) is 23.7. The molecule has 3 saturated heterocycles. The minimum absolute atomic E-state index is 0.155. The molecule has 0 radical (unpaired) electrons. The van der Waals surface area contributed by atoms with Crippen molar-refractivity contribution in [3.63, 3.8) is 0 Å². The molecular weight excluding hydrogens is 500 g/mol. The average Bonchev–Trinajstić information content (AvgIpc) is 3.39. The first-order valence-electron chi connectivity index (χ1n) is 14.2. The molecular formula is C27H44N6O4Si. The predicted octanol–water partition coefficient (Wildman–Crippen LogP) is 4.03. The molecule has 3 aliphatic heterocycles. The van der Waals surface area contributed by atoms with Crippen LogP contribution in [0.15, 0.2) is 12.3 Å². The molecule has 11 heteroatoms. The van der Waals surface area contributed by atoms with Crippen LogP contribution in [-0.4, -0.2) is 98.3 Å². The molecule has 1 amide bonds. The third-order valence-electron chi connectivity index (χ3n) is 7.68. The quantitative estimate of drug-likeness (QED) is 0.346. The number of anilines is 2. The number of pyridine rings is 1. The number of rotatable bonds is 9. The van der Waals surface area contributed by atoms with Gasteiger partial charge in [0.15, 0.2) is 5.65 Å². The van der Waals surface area contributed by atoms with E-state index in [1.807, 2.05) is 11.1 Å². The monoisotopic (exact) mass is 544 g/mol. The highest BCUT2D eigenvalue weighted by Crippen LogP contribution is 2.36. The van der Waals surface area contributed by atoms with Crippen LogP contribution in [0.5, 0.6) is 0 Å². The molecule has 2 aromatic rings. The number of carbonyl (C=O) groups is 1. The molecule has 5 heterocycles. The summed E-state index contributed by atoms with van der Waals surface area (Å²) in [6.45, 7) is 17.4. The standard InChI is InChI=1S/C27H44N6O4Si/c1-20(2)18-37-27(34)33-21-6-7-22(33)17-31(16-21)23-8-9-28-25-24(23)29-26(30-10-12-35-13-11-30)32(25)19-36-14-15-38(3,4)5/h8-9,20-22H,6-7,10-19H2,1-5H3. The van der Waals surface area contributed by atoms with Crippen LogP contribution in [-0.2, 0) is 20.9 Å². The first-order valence-corrected chi connectivity index (χ1v) is 17.9. The summed E-state index contributed by atoms with van der Waals surface area (Å²) in [5.74, 6) is 1.23. The number of nitrogens with zero attached hydrogens (tertiary/aromatic N) is 6. The summed E-state index contributed by atoms with van der Waals surface area (Å²) in [6, 6.07) is 3.50. The highest BCUT2D eigenvalue weighted by molar-refractivity contribution is 6.76. The first-order chi connectivity index (χ1) is 18.2. The van der Waals surface area contributed by atoms with E-state index in [9.17, 15) is 4.79 Å². The van der Waals surface area contributed by atoms with Gasteiger partial charge in [0.25, 0.3) is 0 Å². The lowest BCUT2D eigenvalue weighted by Crippen LogP contribution is -2.56. The number of aromatic nitrogens is 3. The molecule has 2 atom stereocenters. The third-order valence-corrected chi connectivity index (χ3v) is 9.38. The first kappa shape index (κ1) is 27.2. The molecule has 2 unspecified atom stereocenters. The van der Waals surface area contributed by atoms with Crippen LogP contribution in [0, 0.1) is 5.92 Å². The highest BCUT2D eigenvalue weighted by atomic mass is 28.3. The summed E-state index contributed by atoms with van der Waals surface area (Å²) in [7, 11) is -1.18. The van der Waals surface area contributed by atoms with Crippen molar-refractivity contribution in [2.24, 2.45) is 5.92 Å². The van der Waals surface area contributed by atoms with E-state index < -0.39 is 8.07 Å². The minimum Gasteiger partial charge on any atom is -0.449 e. The van der Waals surface area contributed by atoms with Crippen molar-refractivity contribution in [3.05, 3.63) is 12.3 Å². The molecule has 2 bridgehead atoms. The second-order valence-electron chi connectivity index (χ2n) is 12.5. The highest BCUT2D eigenvalue weighted by Gasteiger charge is 2.44. The lowest BCUT2D eigenvalue weighted by molar-refractivity contribution is 0.0704. The number of morpholine rings is 1. The number of imidazole rings is 1. The Morgan fingerprint density at radius 3 is 2.50 bits per heavy atom. The van der Waals surface area contributed by atoms with Crippen molar-refractivity contribution in [1.82, 2.24) is 19.4 Å². The molecule has 0 aliphatic carbocycles. The Morgan fingerprint density at radius 2 is 1.84 bits per heavy atom. The molecule has 38 heavy (non-hydrogen) atoms. The van der Waals surface area contributed by atoms with Crippen molar-refractivity contribution in [3.8, 4) is 0 Å². The summed E-state index contributed by atoms with van der Waals surface area (Å²) in [4.78, 5) is 29.5. The number of piperazine rings is 1. The summed E-state index contributed by atoms with van der Waals surface area (Å²) in [6.07, 6.45) is 3.72. The van der Waals surface area contributed by atoms with Gasteiger partial charge in [-0.05, 0) is 30.9 Å². The zero-order valence-corrected chi connectivity index (χ0v) is 24.7. The molecule has 2 aromatic heterocycles. The van der Waals surface area contributed by atoms with Gasteiger partial charge in [-0.25, -0.2) is 14.8 Å². The number of fused-ring (bicyclic) bond motifs is 3. The van der Waals surface area contributed by atoms with E-state index in [2.05, 4.69) is 53.9 Å². The Morgan fingerprint density at radius 1 is 1.13 bits per heavy atom. The molecule has 0 spiro atoms. The van der Waals surface area contributed by atoms with E-state index in [0.29, 0.717) is 32.5 Å². The minimum atomic E-state index is -1.18. The molecule has 0 saturated carbocycles. The SMILES string of the molecule is CC(C)COC(=O)N1C2CCC1CN(c1ccnc3c1nc(N1CCOCC1)n3COCC[Si](C)(C)C)C2. The smallest absolute Gasteiger partial charge is 0.410 e. The van der Waals surface area contributed by atoms with Gasteiger partial charge in [0.05, 0.1) is 37.6 Å². The van der Waals surface area contributed by atoms with Crippen LogP contribution < -0.4 is 9.80 Å². The van der Waals surface area contributed by atoms with E-state index >= 15 is 0 Å². The second kappa shape index (κ2) is 11.4. The van der Waals surface area contributed by atoms with Gasteiger partial charge in [0, 0.05) is 47.1 Å². The molecule has 3 fully saturated rings. The average molecular weight is 545 g/mol. The topological polar surface area (TPSA) is 85.2 Å². The van der Waals surface area contributed by atoms with E-state index in [1.54, 1.807) is 0 Å². The number of amides is 1. The number of hydrogen-bond acceptors (Lipinski definition) is 8. The Labute approximate surface area is 227 Å². The van der Waals surface area contributed by atoms with Gasteiger partial charge in [-0.3, -0.25) is 9.47 Å². The van der Waals surface area contributed by atoms with Crippen LogP contribution in [0.2, 0.25) is 25.7 Å². The number of ether oxygens (including phenoxy) is 3. The maximum atomic E-state index is 12.9. The van der Waals surface area contributed by atoms with Crippen molar-refractivity contribution >= 4 is 37.0 Å². The van der Waals surface area contributed by atoms with Crippen LogP contribution in [0.4, 0.5) is 16.4 Å². The number of carbonyl (C=O) groups excluding carboxylic acids is 1. The molecule has 0 aromatic carbocycles. The fourth-order valence-corrected chi connectivity index (χ4v) is 6.37. The van der Waals surface area contributed by atoms with Crippen LogP contribution in [0.25, 0.3) is 11.2 Å². The maximum Gasteiger partial charge on any atom is 0.410 e. The maximum absolute atomic E-state index is 12.9. The van der Waals surface area contributed by atoms with Crippen LogP contribution >= 0.6 is 0 Å². The molecule has 10 nitrogen and oxygen atoms in total. The second-order valence-corrected chi connectivity index (χ2v) is 18.1. The van der Waals surface area contributed by atoms with Crippen molar-refractivity contribution in [2.45, 2.75) is 71.2 Å². The molecule has 3 aliphatic rings. The fourth-order valence-electron chi connectivity index (χ4n) is 5.62. The zero-order chi connectivity index (χ0) is 26.9. The molecule has 0 N–H and O–H groups in total. The van der Waals surface area contributed by atoms with E-state index in [-0.39, 0.29) is 18.2 Å². The van der Waals surface area contributed by atoms with Gasteiger partial charge in [-0.2, -0.15) is 0 Å². The summed E-state index contributed by atoms with van der Waals surface area (Å²) < 4.78 is 19.5. The Bertz CT molecular complexity index is 1100. The third kappa shape index (κ3) is 5.94. The van der Waals surface area contributed by atoms with Gasteiger partial charge in [-0.15, -0.1) is 0 Å². The lowest BCUT2D eigenvalue weighted by Gasteiger charge is -2.41. The largest absolute Gasteiger partial charge is 0.449 e. The van der Waals surface area contributed by atoms with Gasteiger partial charge < -0.3 is 24.0 Å². The Hall–Kier alpha value is -2.37. The van der Waals surface area contributed by atoms with Gasteiger partial charge in [0.1, 0.15) is 12.2 Å². The van der Waals surface area contributed by atoms with Gasteiger partial charge >= 0.3 is 6.09 Å². The van der Waals surface area contributed by atoms with Crippen LogP contribution in [0.3, 0.4) is 0 Å². The fraction of sp³-hybridized carbons (Fsp3) is 0.741. The normalized spacial score (nSPS) is 22.1. The van der Waals surface area contributed by atoms with Crippen molar-refractivity contribution < 1.29 is 19.0 Å². The summed E-state index contributed by atoms with van der Waals surface area (Å²) in [5, 5.41) is 0. The van der Waals surface area contributed by atoms with E-state index in [0.717, 1.165) is 74.5 Å². The number of hydrogen-bond donors (Lipinski definition) is 0.